The van der Waals surface area contributed by atoms with E-state index >= 15 is 0 Å². The van der Waals surface area contributed by atoms with Crippen LogP contribution in [0.25, 0.3) is 0 Å². The summed E-state index contributed by atoms with van der Waals surface area (Å²) in [6, 6.07) is 0. The summed E-state index contributed by atoms with van der Waals surface area (Å²) in [5.74, 6) is 0. The highest BCUT2D eigenvalue weighted by atomic mass is 32.3. The normalized spacial score (nSPS) is 13.6. The molecule has 0 bridgehead atoms. The molecule has 3 nitrogen and oxygen atoms in total. The predicted molar refractivity (Wildman–Crippen MR) is 29.6 cm³/mol. The van der Waals surface area contributed by atoms with Crippen molar-refractivity contribution >= 4 is 22.2 Å². The minimum atomic E-state index is -5.38. The molecule has 0 aliphatic rings. The lowest BCUT2D eigenvalue weighted by Gasteiger charge is -2.03. The van der Waals surface area contributed by atoms with E-state index in [0.717, 1.165) is 6.26 Å². The first-order valence-electron chi connectivity index (χ1n) is 1.85. The maximum absolute atomic E-state index is 11.3. The molecule has 0 amide bonds. The van der Waals surface area contributed by atoms with Gasteiger partial charge in [0.1, 0.15) is 0 Å². The Bertz CT molecular complexity index is 192. The zero-order valence-electron chi connectivity index (χ0n) is 4.68. The molecule has 0 aromatic rings. The molecule has 62 valence electrons. The second-order valence-electron chi connectivity index (χ2n) is 1.13. The Kier molecular flexibility index (Phi) is 2.99. The monoisotopic (exact) mass is 196 g/mol. The van der Waals surface area contributed by atoms with E-state index in [1.165, 1.54) is 0 Å². The Morgan fingerprint density at radius 3 is 1.90 bits per heavy atom. The quantitative estimate of drug-likeness (QED) is 0.490. The second-order valence-corrected chi connectivity index (χ2v) is 3.38. The second kappa shape index (κ2) is 2.97. The minimum absolute atomic E-state index is 0.127. The van der Waals surface area contributed by atoms with Crippen LogP contribution in [0, 0.1) is 0 Å². The van der Waals surface area contributed by atoms with Crippen molar-refractivity contribution in [2.45, 2.75) is 5.51 Å². The van der Waals surface area contributed by atoms with Crippen LogP contribution in [0.2, 0.25) is 0 Å². The molecule has 0 rings (SSSR count). The Morgan fingerprint density at radius 1 is 1.40 bits per heavy atom. The molecule has 0 saturated heterocycles. The van der Waals surface area contributed by atoms with Gasteiger partial charge in [-0.05, 0) is 0 Å². The van der Waals surface area contributed by atoms with E-state index in [1.54, 1.807) is 0 Å². The van der Waals surface area contributed by atoms with Gasteiger partial charge in [-0.25, -0.2) is 0 Å². The molecule has 0 radical (unpaired) electrons. The van der Waals surface area contributed by atoms with Crippen molar-refractivity contribution in [1.29, 1.82) is 0 Å². The highest BCUT2D eigenvalue weighted by Gasteiger charge is 2.47. The zero-order chi connectivity index (χ0) is 8.41. The molecule has 0 aliphatic carbocycles. The molecule has 0 spiro atoms. The summed E-state index contributed by atoms with van der Waals surface area (Å²) in [6.45, 7) is 0. The fourth-order valence-electron chi connectivity index (χ4n) is 0.128. The number of rotatable bonds is 2. The Balaban J connectivity index is 4.44. The first-order valence-corrected chi connectivity index (χ1v) is 4.40. The fourth-order valence-corrected chi connectivity index (χ4v) is 1.15. The highest BCUT2D eigenvalue weighted by molar-refractivity contribution is 8.04. The summed E-state index contributed by atoms with van der Waals surface area (Å²) in [5.41, 5.74) is -5.32. The van der Waals surface area contributed by atoms with Gasteiger partial charge in [-0.3, -0.25) is 0 Å². The molecule has 0 atom stereocenters. The average molecular weight is 196 g/mol. The predicted octanol–water partition coefficient (Wildman–Crippen LogP) is 1.13. The Morgan fingerprint density at radius 2 is 1.80 bits per heavy atom. The molecule has 10 heavy (non-hydrogen) atoms. The summed E-state index contributed by atoms with van der Waals surface area (Å²) in [4.78, 5) is 0. The molecule has 0 N–H and O–H groups in total. The minimum Gasteiger partial charge on any atom is -0.191 e. The van der Waals surface area contributed by atoms with Crippen LogP contribution in [0.4, 0.5) is 13.2 Å². The van der Waals surface area contributed by atoms with Crippen LogP contribution in [0.3, 0.4) is 0 Å². The van der Waals surface area contributed by atoms with Crippen molar-refractivity contribution in [2.75, 3.05) is 6.26 Å². The van der Waals surface area contributed by atoms with Crippen LogP contribution in [-0.4, -0.2) is 20.2 Å². The van der Waals surface area contributed by atoms with E-state index in [1.807, 2.05) is 0 Å². The van der Waals surface area contributed by atoms with Gasteiger partial charge in [0, 0.05) is 18.3 Å². The van der Waals surface area contributed by atoms with Crippen molar-refractivity contribution in [3.8, 4) is 0 Å². The first kappa shape index (κ1) is 10.0. The molecule has 8 heteroatoms. The molecule has 0 aromatic carbocycles. The molecular formula is C2H3F3O3S2. The molecule has 0 unspecified atom stereocenters. The van der Waals surface area contributed by atoms with E-state index < -0.39 is 15.6 Å². The van der Waals surface area contributed by atoms with Crippen LogP contribution in [0.1, 0.15) is 0 Å². The summed E-state index contributed by atoms with van der Waals surface area (Å²) in [6.07, 6.45) is 1.07. The zero-order valence-corrected chi connectivity index (χ0v) is 6.31. The summed E-state index contributed by atoms with van der Waals surface area (Å²) < 4.78 is 57.0. The maximum Gasteiger partial charge on any atom is 0.524 e. The molecule has 0 heterocycles. The SMILES string of the molecule is CSOS(=O)(=O)C(F)(F)F. The van der Waals surface area contributed by atoms with Gasteiger partial charge in [-0.2, -0.15) is 25.2 Å². The summed E-state index contributed by atoms with van der Waals surface area (Å²) in [5, 5.41) is 0. The van der Waals surface area contributed by atoms with Crippen LogP contribution < -0.4 is 0 Å². The van der Waals surface area contributed by atoms with Gasteiger partial charge in [0.25, 0.3) is 0 Å². The third-order valence-electron chi connectivity index (χ3n) is 0.441. The number of hydrogen-bond donors (Lipinski definition) is 0. The van der Waals surface area contributed by atoms with E-state index in [9.17, 15) is 21.6 Å². The molecule has 0 aliphatic heterocycles. The third-order valence-corrected chi connectivity index (χ3v) is 2.27. The lowest BCUT2D eigenvalue weighted by atomic mass is 11.6. The average Bonchev–Trinajstić information content (AvgIpc) is 1.61. The van der Waals surface area contributed by atoms with E-state index in [2.05, 4.69) is 3.63 Å². The fraction of sp³-hybridized carbons (Fsp3) is 1.00. The van der Waals surface area contributed by atoms with Crippen molar-refractivity contribution in [2.24, 2.45) is 0 Å². The largest absolute Gasteiger partial charge is 0.524 e. The van der Waals surface area contributed by atoms with Crippen molar-refractivity contribution in [1.82, 2.24) is 0 Å². The van der Waals surface area contributed by atoms with Gasteiger partial charge in [-0.15, -0.1) is 0 Å². The van der Waals surface area contributed by atoms with Crippen molar-refractivity contribution < 1.29 is 25.2 Å². The molecule has 0 aromatic heterocycles. The van der Waals surface area contributed by atoms with Crippen LogP contribution >= 0.6 is 12.0 Å². The van der Waals surface area contributed by atoms with Crippen molar-refractivity contribution in [3.05, 3.63) is 0 Å². The standard InChI is InChI=1S/C2H3F3O3S2/c1-9-8-10(6,7)2(3,4)5/h1H3. The Hall–Kier alpha value is 0.0500. The maximum atomic E-state index is 11.3. The van der Waals surface area contributed by atoms with Crippen LogP contribution in [0.5, 0.6) is 0 Å². The van der Waals surface area contributed by atoms with Crippen molar-refractivity contribution in [3.63, 3.8) is 0 Å². The summed E-state index contributed by atoms with van der Waals surface area (Å²) >= 11 is 0.127. The number of halogens is 3. The topological polar surface area (TPSA) is 43.4 Å². The number of alkyl halides is 3. The van der Waals surface area contributed by atoms with Gasteiger partial charge in [0.15, 0.2) is 0 Å². The Labute approximate surface area is 59.9 Å². The smallest absolute Gasteiger partial charge is 0.191 e. The van der Waals surface area contributed by atoms with Crippen LogP contribution in [0.15, 0.2) is 0 Å². The molecule has 0 saturated carbocycles. The van der Waals surface area contributed by atoms with Gasteiger partial charge < -0.3 is 0 Å². The molecular weight excluding hydrogens is 193 g/mol. The van der Waals surface area contributed by atoms with Gasteiger partial charge in [0.2, 0.25) is 0 Å². The van der Waals surface area contributed by atoms with Gasteiger partial charge >= 0.3 is 15.6 Å². The first-order chi connectivity index (χ1) is 4.31. The lowest BCUT2D eigenvalue weighted by molar-refractivity contribution is -0.0493. The van der Waals surface area contributed by atoms with E-state index in [-0.39, 0.29) is 12.0 Å². The lowest BCUT2D eigenvalue weighted by Crippen LogP contribution is -2.23. The number of hydrogen-bond acceptors (Lipinski definition) is 4. The van der Waals surface area contributed by atoms with Gasteiger partial charge in [-0.1, -0.05) is 0 Å². The third kappa shape index (κ3) is 2.35. The van der Waals surface area contributed by atoms with Gasteiger partial charge in [0.05, 0.1) is 0 Å². The summed E-state index contributed by atoms with van der Waals surface area (Å²) in [7, 11) is -5.38. The van der Waals surface area contributed by atoms with Crippen LogP contribution in [-0.2, 0) is 13.7 Å². The van der Waals surface area contributed by atoms with E-state index in [4.69, 9.17) is 0 Å². The van der Waals surface area contributed by atoms with E-state index in [0.29, 0.717) is 0 Å². The highest BCUT2D eigenvalue weighted by Crippen LogP contribution is 2.26. The molecule has 0 fully saturated rings.